The van der Waals surface area contributed by atoms with Gasteiger partial charge in [0.1, 0.15) is 0 Å². The number of aromatic nitrogens is 2. The summed E-state index contributed by atoms with van der Waals surface area (Å²) in [7, 11) is 0. The van der Waals surface area contributed by atoms with E-state index in [-0.39, 0.29) is 24.4 Å². The Hall–Kier alpha value is -1.85. The molecule has 1 aromatic heterocycles. The lowest BCUT2D eigenvalue weighted by Gasteiger charge is -2.17. The number of para-hydroxylation sites is 1. The fraction of sp³-hybridized carbons (Fsp3) is 0.500. The van der Waals surface area contributed by atoms with E-state index >= 15 is 0 Å². The van der Waals surface area contributed by atoms with Crippen molar-refractivity contribution in [1.82, 2.24) is 14.7 Å². The normalized spacial score (nSPS) is 24.6. The Morgan fingerprint density at radius 2 is 1.92 bits per heavy atom. The highest BCUT2D eigenvalue weighted by molar-refractivity contribution is 5.92. The molecule has 2 N–H and O–H groups in total. The highest BCUT2D eigenvalue weighted by atomic mass is 35.5. The van der Waals surface area contributed by atoms with Crippen molar-refractivity contribution in [3.63, 3.8) is 0 Å². The second-order valence-electron chi connectivity index (χ2n) is 7.73. The molecule has 3 atom stereocenters. The van der Waals surface area contributed by atoms with Crippen molar-refractivity contribution in [3.05, 3.63) is 47.8 Å². The van der Waals surface area contributed by atoms with Gasteiger partial charge in [-0.15, -0.1) is 12.4 Å². The molecular formula is C20H27ClN4O. The molecule has 2 aliphatic rings. The van der Waals surface area contributed by atoms with E-state index in [9.17, 15) is 4.79 Å². The van der Waals surface area contributed by atoms with Crippen LogP contribution in [0.2, 0.25) is 0 Å². The van der Waals surface area contributed by atoms with Crippen LogP contribution < -0.4 is 5.73 Å². The van der Waals surface area contributed by atoms with Crippen molar-refractivity contribution < 1.29 is 4.79 Å². The molecule has 1 aliphatic carbocycles. The monoisotopic (exact) mass is 374 g/mol. The van der Waals surface area contributed by atoms with Gasteiger partial charge < -0.3 is 10.6 Å². The van der Waals surface area contributed by atoms with Crippen LogP contribution in [-0.2, 0) is 0 Å². The van der Waals surface area contributed by atoms with E-state index in [1.807, 2.05) is 46.0 Å². The van der Waals surface area contributed by atoms with E-state index < -0.39 is 0 Å². The van der Waals surface area contributed by atoms with Crippen LogP contribution in [0.25, 0.3) is 5.69 Å². The maximum absolute atomic E-state index is 13.0. The third-order valence-corrected chi connectivity index (χ3v) is 5.75. The molecule has 0 radical (unpaired) electrons. The number of nitrogens with zero attached hydrogens (tertiary/aromatic N) is 3. The average Bonchev–Trinajstić information content (AvgIpc) is 3.31. The number of carbonyl (C=O) groups is 1. The lowest BCUT2D eigenvalue weighted by molar-refractivity contribution is 0.0773. The second-order valence-corrected chi connectivity index (χ2v) is 7.73. The largest absolute Gasteiger partial charge is 0.337 e. The van der Waals surface area contributed by atoms with Gasteiger partial charge in [-0.3, -0.25) is 4.79 Å². The number of fused-ring (bicyclic) bond motifs is 1. The van der Waals surface area contributed by atoms with Crippen LogP contribution in [0, 0.1) is 11.8 Å². The van der Waals surface area contributed by atoms with Crippen molar-refractivity contribution >= 4 is 18.3 Å². The first-order chi connectivity index (χ1) is 12.0. The Labute approximate surface area is 161 Å². The van der Waals surface area contributed by atoms with E-state index in [4.69, 9.17) is 5.73 Å². The molecule has 1 aromatic carbocycles. The van der Waals surface area contributed by atoms with Gasteiger partial charge in [-0.05, 0) is 48.8 Å². The number of amides is 1. The van der Waals surface area contributed by atoms with Crippen molar-refractivity contribution in [2.75, 3.05) is 13.1 Å². The number of nitrogens with two attached hydrogens (primary N) is 1. The van der Waals surface area contributed by atoms with E-state index in [1.165, 1.54) is 0 Å². The fourth-order valence-electron chi connectivity index (χ4n) is 4.32. The van der Waals surface area contributed by atoms with Crippen molar-refractivity contribution in [3.8, 4) is 5.69 Å². The topological polar surface area (TPSA) is 64.2 Å². The Bertz CT molecular complexity index is 773. The lowest BCUT2D eigenvalue weighted by Crippen LogP contribution is -2.33. The van der Waals surface area contributed by atoms with Crippen LogP contribution in [0.15, 0.2) is 36.4 Å². The third kappa shape index (κ3) is 3.26. The van der Waals surface area contributed by atoms with Crippen LogP contribution in [0.5, 0.6) is 0 Å². The number of benzene rings is 1. The van der Waals surface area contributed by atoms with Crippen LogP contribution in [0.1, 0.15) is 48.8 Å². The third-order valence-electron chi connectivity index (χ3n) is 5.75. The molecule has 0 bridgehead atoms. The molecule has 6 heteroatoms. The SMILES string of the molecule is CC(C)c1cc(C(=O)N2CC3CCC(N)C3C2)nn1-c1ccccc1.Cl. The molecule has 26 heavy (non-hydrogen) atoms. The summed E-state index contributed by atoms with van der Waals surface area (Å²) >= 11 is 0. The zero-order chi connectivity index (χ0) is 17.6. The Balaban J connectivity index is 0.00000196. The predicted molar refractivity (Wildman–Crippen MR) is 105 cm³/mol. The van der Waals surface area contributed by atoms with E-state index in [0.29, 0.717) is 23.4 Å². The van der Waals surface area contributed by atoms with Gasteiger partial charge in [0.15, 0.2) is 5.69 Å². The Kier molecular flexibility index (Phi) is 5.39. The fourth-order valence-corrected chi connectivity index (χ4v) is 4.32. The molecule has 1 aliphatic heterocycles. The zero-order valence-electron chi connectivity index (χ0n) is 15.3. The molecule has 1 saturated heterocycles. The molecule has 5 nitrogen and oxygen atoms in total. The number of carbonyl (C=O) groups excluding carboxylic acids is 1. The summed E-state index contributed by atoms with van der Waals surface area (Å²) in [5.74, 6) is 1.36. The summed E-state index contributed by atoms with van der Waals surface area (Å²) in [5, 5.41) is 4.65. The number of halogens is 1. The lowest BCUT2D eigenvalue weighted by atomic mass is 9.98. The quantitative estimate of drug-likeness (QED) is 0.897. The minimum atomic E-state index is 0. The van der Waals surface area contributed by atoms with Crippen LogP contribution in [-0.4, -0.2) is 39.7 Å². The number of hydrogen-bond acceptors (Lipinski definition) is 3. The summed E-state index contributed by atoms with van der Waals surface area (Å²) in [6, 6.07) is 12.2. The maximum atomic E-state index is 13.0. The van der Waals surface area contributed by atoms with Gasteiger partial charge in [0.05, 0.1) is 5.69 Å². The van der Waals surface area contributed by atoms with Gasteiger partial charge in [0.2, 0.25) is 0 Å². The van der Waals surface area contributed by atoms with E-state index in [0.717, 1.165) is 37.3 Å². The molecular weight excluding hydrogens is 348 g/mol. The van der Waals surface area contributed by atoms with Crippen molar-refractivity contribution in [1.29, 1.82) is 0 Å². The van der Waals surface area contributed by atoms with Crippen LogP contribution in [0.4, 0.5) is 0 Å². The van der Waals surface area contributed by atoms with Gasteiger partial charge in [-0.25, -0.2) is 4.68 Å². The summed E-state index contributed by atoms with van der Waals surface area (Å²) in [6.45, 7) is 5.86. The van der Waals surface area contributed by atoms with Gasteiger partial charge >= 0.3 is 0 Å². The first-order valence-corrected chi connectivity index (χ1v) is 9.25. The molecule has 3 unspecified atom stereocenters. The molecule has 0 spiro atoms. The summed E-state index contributed by atoms with van der Waals surface area (Å²) in [6.07, 6.45) is 2.24. The van der Waals surface area contributed by atoms with Crippen molar-refractivity contribution in [2.24, 2.45) is 17.6 Å². The van der Waals surface area contributed by atoms with E-state index in [2.05, 4.69) is 18.9 Å². The Morgan fingerprint density at radius 1 is 1.19 bits per heavy atom. The average molecular weight is 375 g/mol. The van der Waals surface area contributed by atoms with Gasteiger partial charge in [-0.1, -0.05) is 32.0 Å². The molecule has 2 fully saturated rings. The second kappa shape index (κ2) is 7.41. The van der Waals surface area contributed by atoms with Crippen LogP contribution >= 0.6 is 12.4 Å². The zero-order valence-corrected chi connectivity index (χ0v) is 16.2. The first kappa shape index (κ1) is 18.9. The highest BCUT2D eigenvalue weighted by Gasteiger charge is 2.43. The van der Waals surface area contributed by atoms with Gasteiger partial charge in [-0.2, -0.15) is 5.10 Å². The smallest absolute Gasteiger partial charge is 0.274 e. The standard InChI is InChI=1S/C20H26N4O.ClH/c1-13(2)19-10-18(22-24(19)15-6-4-3-5-7-15)20(25)23-11-14-8-9-17(21)16(14)12-23;/h3-7,10,13-14,16-17H,8-9,11-12,21H2,1-2H3;1H. The molecule has 1 amide bonds. The summed E-state index contributed by atoms with van der Waals surface area (Å²) in [5.41, 5.74) is 8.80. The molecule has 1 saturated carbocycles. The molecule has 4 rings (SSSR count). The minimum absolute atomic E-state index is 0. The maximum Gasteiger partial charge on any atom is 0.274 e. The highest BCUT2D eigenvalue weighted by Crippen LogP contribution is 2.37. The number of likely N-dealkylation sites (tertiary alicyclic amines) is 1. The number of hydrogen-bond donors (Lipinski definition) is 1. The summed E-state index contributed by atoms with van der Waals surface area (Å²) in [4.78, 5) is 15.0. The summed E-state index contributed by atoms with van der Waals surface area (Å²) < 4.78 is 1.90. The predicted octanol–water partition coefficient (Wildman–Crippen LogP) is 3.23. The molecule has 2 aromatic rings. The minimum Gasteiger partial charge on any atom is -0.337 e. The van der Waals surface area contributed by atoms with Crippen molar-refractivity contribution in [2.45, 2.75) is 38.6 Å². The van der Waals surface area contributed by atoms with Crippen LogP contribution in [0.3, 0.4) is 0 Å². The molecule has 2 heterocycles. The molecule has 140 valence electrons. The van der Waals surface area contributed by atoms with E-state index in [1.54, 1.807) is 0 Å². The van der Waals surface area contributed by atoms with Gasteiger partial charge in [0.25, 0.3) is 5.91 Å². The van der Waals surface area contributed by atoms with Gasteiger partial charge in [0, 0.05) is 24.8 Å². The number of rotatable bonds is 3. The first-order valence-electron chi connectivity index (χ1n) is 9.25. The Morgan fingerprint density at radius 3 is 2.58 bits per heavy atom.